The lowest BCUT2D eigenvalue weighted by molar-refractivity contribution is -0.114. The van der Waals surface area contributed by atoms with E-state index in [1.165, 1.54) is 30.4 Å². The fourth-order valence-corrected chi connectivity index (χ4v) is 5.95. The highest BCUT2D eigenvalue weighted by Gasteiger charge is 2.55. The van der Waals surface area contributed by atoms with Gasteiger partial charge in [0.25, 0.3) is 0 Å². The molecule has 0 aromatic heterocycles. The average Bonchev–Trinajstić information content (AvgIpc) is 2.84. The smallest absolute Gasteiger partial charge is 0.156 e. The maximum absolute atomic E-state index is 11.7. The Kier molecular flexibility index (Phi) is 3.54. The lowest BCUT2D eigenvalue weighted by atomic mass is 9.55. The Labute approximate surface area is 139 Å². The maximum Gasteiger partial charge on any atom is 0.156 e. The first-order chi connectivity index (χ1) is 11.0. The van der Waals surface area contributed by atoms with Gasteiger partial charge in [0.1, 0.15) is 0 Å². The number of ketones is 1. The van der Waals surface area contributed by atoms with Gasteiger partial charge in [-0.05, 0) is 74.0 Å². The number of aliphatic hydroxyl groups is 1. The summed E-state index contributed by atoms with van der Waals surface area (Å²) >= 11 is 0. The van der Waals surface area contributed by atoms with Crippen LogP contribution in [0.1, 0.15) is 58.8 Å². The Balaban J connectivity index is 1.75. The summed E-state index contributed by atoms with van der Waals surface area (Å²) in [7, 11) is 0. The molecule has 4 aliphatic rings. The van der Waals surface area contributed by atoms with Gasteiger partial charge in [-0.25, -0.2) is 0 Å². The summed E-state index contributed by atoms with van der Waals surface area (Å²) in [5.74, 6) is 8.16. The highest BCUT2D eigenvalue weighted by atomic mass is 16.3. The van der Waals surface area contributed by atoms with Crippen molar-refractivity contribution in [1.29, 1.82) is 0 Å². The first kappa shape index (κ1) is 15.2. The van der Waals surface area contributed by atoms with Crippen LogP contribution in [0.15, 0.2) is 22.8 Å². The second-order valence-corrected chi connectivity index (χ2v) is 8.07. The predicted molar refractivity (Wildman–Crippen MR) is 90.5 cm³/mol. The van der Waals surface area contributed by atoms with E-state index in [9.17, 15) is 9.90 Å². The second kappa shape index (κ2) is 5.35. The van der Waals surface area contributed by atoms with Gasteiger partial charge in [-0.15, -0.1) is 5.92 Å². The molecule has 4 aliphatic carbocycles. The minimum absolute atomic E-state index is 0.231. The molecule has 0 aromatic rings. The molecule has 0 amide bonds. The molecule has 2 nitrogen and oxygen atoms in total. The minimum Gasteiger partial charge on any atom is -0.392 e. The monoisotopic (exact) mass is 310 g/mol. The Morgan fingerprint density at radius 3 is 2.87 bits per heavy atom. The van der Waals surface area contributed by atoms with Crippen LogP contribution in [0.25, 0.3) is 0 Å². The number of aliphatic hydroxyl groups excluding tert-OH is 1. The van der Waals surface area contributed by atoms with Crippen molar-refractivity contribution in [2.24, 2.45) is 23.2 Å². The third-order valence-corrected chi connectivity index (χ3v) is 7.07. The van der Waals surface area contributed by atoms with Crippen molar-refractivity contribution in [1.82, 2.24) is 0 Å². The summed E-state index contributed by atoms with van der Waals surface area (Å²) in [5, 5.41) is 10.9. The van der Waals surface area contributed by atoms with E-state index in [0.717, 1.165) is 18.4 Å². The zero-order valence-electron chi connectivity index (χ0n) is 14.2. The quantitative estimate of drug-likeness (QED) is 0.691. The van der Waals surface area contributed by atoms with Crippen LogP contribution in [-0.4, -0.2) is 17.0 Å². The molecule has 0 heterocycles. The number of carbonyl (C=O) groups excluding carboxylic acids is 1. The first-order valence-electron chi connectivity index (χ1n) is 9.10. The van der Waals surface area contributed by atoms with Crippen molar-refractivity contribution in [3.8, 4) is 11.8 Å². The molecule has 2 fully saturated rings. The molecule has 0 radical (unpaired) electrons. The van der Waals surface area contributed by atoms with E-state index >= 15 is 0 Å². The summed E-state index contributed by atoms with van der Waals surface area (Å²) in [4.78, 5) is 11.7. The lowest BCUT2D eigenvalue weighted by Crippen LogP contribution is -2.45. The van der Waals surface area contributed by atoms with Crippen LogP contribution in [0.3, 0.4) is 0 Å². The normalized spacial score (nSPS) is 42.2. The van der Waals surface area contributed by atoms with E-state index in [-0.39, 0.29) is 17.3 Å². The van der Waals surface area contributed by atoms with Crippen LogP contribution < -0.4 is 0 Å². The SMILES string of the molecule is CC#C[C@@H]1CC[C@H]2[C@H]3C(=C4CCC(=O)C=C4C[C@@H]3O)CC[C@]12C. The summed E-state index contributed by atoms with van der Waals surface area (Å²) in [6, 6.07) is 0. The molecule has 2 saturated carbocycles. The van der Waals surface area contributed by atoms with E-state index in [1.54, 1.807) is 6.08 Å². The highest BCUT2D eigenvalue weighted by molar-refractivity contribution is 5.93. The van der Waals surface area contributed by atoms with E-state index in [0.29, 0.717) is 30.6 Å². The zero-order valence-corrected chi connectivity index (χ0v) is 14.2. The van der Waals surface area contributed by atoms with Crippen molar-refractivity contribution in [2.75, 3.05) is 0 Å². The van der Waals surface area contributed by atoms with Crippen molar-refractivity contribution in [2.45, 2.75) is 64.9 Å². The van der Waals surface area contributed by atoms with Crippen molar-refractivity contribution >= 4 is 5.78 Å². The molecule has 0 aliphatic heterocycles. The standard InChI is InChI=1S/C21H26O2/c1-3-4-14-5-8-18-20-17(9-10-21(14,18)2)16-7-6-15(22)11-13(16)12-19(20)23/h11,14,18-20,23H,5-10,12H2,1-2H3/t14-,18+,19+,20-,21-/m1/s1. The Morgan fingerprint density at radius 1 is 1.26 bits per heavy atom. The van der Waals surface area contributed by atoms with Gasteiger partial charge in [0.2, 0.25) is 0 Å². The van der Waals surface area contributed by atoms with E-state index < -0.39 is 0 Å². The third kappa shape index (κ3) is 2.17. The third-order valence-electron chi connectivity index (χ3n) is 7.07. The van der Waals surface area contributed by atoms with Crippen molar-refractivity contribution in [3.63, 3.8) is 0 Å². The molecule has 23 heavy (non-hydrogen) atoms. The molecule has 0 spiro atoms. The van der Waals surface area contributed by atoms with Gasteiger partial charge in [0.15, 0.2) is 5.78 Å². The molecule has 0 bridgehead atoms. The van der Waals surface area contributed by atoms with Crippen molar-refractivity contribution < 1.29 is 9.90 Å². The number of hydrogen-bond donors (Lipinski definition) is 1. The molecule has 0 aromatic carbocycles. The molecule has 122 valence electrons. The zero-order chi connectivity index (χ0) is 16.2. The fourth-order valence-electron chi connectivity index (χ4n) is 5.95. The van der Waals surface area contributed by atoms with Crippen LogP contribution >= 0.6 is 0 Å². The summed E-state index contributed by atoms with van der Waals surface area (Å²) in [5.41, 5.74) is 4.29. The summed E-state index contributed by atoms with van der Waals surface area (Å²) in [6.45, 7) is 4.35. The van der Waals surface area contributed by atoms with Crippen molar-refractivity contribution in [3.05, 3.63) is 22.8 Å². The highest BCUT2D eigenvalue weighted by Crippen LogP contribution is 2.61. The van der Waals surface area contributed by atoms with Gasteiger partial charge in [-0.2, -0.15) is 0 Å². The Morgan fingerprint density at radius 2 is 2.09 bits per heavy atom. The van der Waals surface area contributed by atoms with Gasteiger partial charge in [0, 0.05) is 18.3 Å². The molecular formula is C21H26O2. The molecule has 2 heteroatoms. The summed E-state index contributed by atoms with van der Waals surface area (Å²) < 4.78 is 0. The van der Waals surface area contributed by atoms with Crippen LogP contribution in [0.2, 0.25) is 0 Å². The number of hydrogen-bond acceptors (Lipinski definition) is 2. The van der Waals surface area contributed by atoms with E-state index in [1.807, 2.05) is 6.92 Å². The van der Waals surface area contributed by atoms with E-state index in [2.05, 4.69) is 18.8 Å². The predicted octanol–water partition coefficient (Wildman–Crippen LogP) is 3.80. The van der Waals surface area contributed by atoms with Gasteiger partial charge in [0.05, 0.1) is 6.10 Å². The molecule has 0 saturated heterocycles. The van der Waals surface area contributed by atoms with Crippen LogP contribution in [0.4, 0.5) is 0 Å². The topological polar surface area (TPSA) is 37.3 Å². The molecule has 0 unspecified atom stereocenters. The first-order valence-corrected chi connectivity index (χ1v) is 9.10. The maximum atomic E-state index is 11.7. The molecule has 4 rings (SSSR count). The summed E-state index contributed by atoms with van der Waals surface area (Å²) in [6.07, 6.45) is 8.33. The number of fused-ring (bicyclic) bond motifs is 4. The van der Waals surface area contributed by atoms with Gasteiger partial charge in [-0.1, -0.05) is 18.4 Å². The molecule has 5 atom stereocenters. The average molecular weight is 310 g/mol. The van der Waals surface area contributed by atoms with Crippen LogP contribution in [-0.2, 0) is 4.79 Å². The second-order valence-electron chi connectivity index (χ2n) is 8.07. The van der Waals surface area contributed by atoms with Gasteiger partial charge < -0.3 is 5.11 Å². The van der Waals surface area contributed by atoms with Gasteiger partial charge in [-0.3, -0.25) is 4.79 Å². The lowest BCUT2D eigenvalue weighted by Gasteiger charge is -2.50. The Bertz CT molecular complexity index is 672. The largest absolute Gasteiger partial charge is 0.392 e. The van der Waals surface area contributed by atoms with Gasteiger partial charge >= 0.3 is 0 Å². The Hall–Kier alpha value is -1.33. The van der Waals surface area contributed by atoms with E-state index in [4.69, 9.17) is 0 Å². The minimum atomic E-state index is -0.316. The van der Waals surface area contributed by atoms with Crippen LogP contribution in [0, 0.1) is 35.0 Å². The number of rotatable bonds is 0. The fraction of sp³-hybridized carbons (Fsp3) is 0.667. The molecule has 1 N–H and O–H groups in total. The number of allylic oxidation sites excluding steroid dienone is 2. The number of carbonyl (C=O) groups is 1. The molecular weight excluding hydrogens is 284 g/mol. The van der Waals surface area contributed by atoms with Crippen LogP contribution in [0.5, 0.6) is 0 Å².